The van der Waals surface area contributed by atoms with Crippen molar-refractivity contribution in [2.45, 2.75) is 90.9 Å². The number of aryl methyl sites for hydroxylation is 2. The second kappa shape index (κ2) is 9.02. The third-order valence-electron chi connectivity index (χ3n) is 7.13. The minimum absolute atomic E-state index is 0.959. The molecule has 0 saturated heterocycles. The van der Waals surface area contributed by atoms with Crippen molar-refractivity contribution in [2.24, 2.45) is 23.7 Å². The Morgan fingerprint density at radius 2 is 1.46 bits per heavy atom. The smallest absolute Gasteiger partial charge is 0.0403 e. The number of pyridine rings is 1. The predicted octanol–water partition coefficient (Wildman–Crippen LogP) is 6.60. The van der Waals surface area contributed by atoms with E-state index in [1.165, 1.54) is 81.9 Å². The Morgan fingerprint density at radius 1 is 0.833 bits per heavy atom. The fourth-order valence-electron chi connectivity index (χ4n) is 5.18. The van der Waals surface area contributed by atoms with Gasteiger partial charge in [-0.1, -0.05) is 52.0 Å². The van der Waals surface area contributed by atoms with Crippen LogP contribution in [0.3, 0.4) is 0 Å². The Morgan fingerprint density at radius 3 is 1.96 bits per heavy atom. The minimum atomic E-state index is 0.959. The second-order valence-corrected chi connectivity index (χ2v) is 8.52. The maximum absolute atomic E-state index is 4.64. The molecule has 0 bridgehead atoms. The molecule has 0 aliphatic heterocycles. The molecule has 2 saturated carbocycles. The number of aromatic nitrogens is 1. The fraction of sp³-hybridized carbons (Fsp3) is 0.783. The van der Waals surface area contributed by atoms with Crippen LogP contribution in [0.5, 0.6) is 0 Å². The first-order valence-corrected chi connectivity index (χ1v) is 10.7. The molecule has 0 spiro atoms. The Bertz CT molecular complexity index is 461. The highest BCUT2D eigenvalue weighted by molar-refractivity contribution is 5.14. The van der Waals surface area contributed by atoms with Crippen LogP contribution in [-0.2, 0) is 12.8 Å². The van der Waals surface area contributed by atoms with E-state index in [0.717, 1.165) is 30.1 Å². The van der Waals surface area contributed by atoms with Gasteiger partial charge in [0.2, 0.25) is 0 Å². The van der Waals surface area contributed by atoms with E-state index in [-0.39, 0.29) is 0 Å². The van der Waals surface area contributed by atoms with E-state index in [9.17, 15) is 0 Å². The highest BCUT2D eigenvalue weighted by atomic mass is 14.7. The number of rotatable bonds is 6. The van der Waals surface area contributed by atoms with Gasteiger partial charge in [0.1, 0.15) is 0 Å². The van der Waals surface area contributed by atoms with Crippen LogP contribution in [0.1, 0.15) is 89.3 Å². The van der Waals surface area contributed by atoms with Crippen molar-refractivity contribution in [3.63, 3.8) is 0 Å². The fourth-order valence-corrected chi connectivity index (χ4v) is 5.18. The van der Waals surface area contributed by atoms with Crippen LogP contribution in [0.2, 0.25) is 0 Å². The zero-order valence-corrected chi connectivity index (χ0v) is 16.0. The summed E-state index contributed by atoms with van der Waals surface area (Å²) in [5.41, 5.74) is 2.66. The van der Waals surface area contributed by atoms with Gasteiger partial charge >= 0.3 is 0 Å². The average molecular weight is 328 g/mol. The first-order valence-electron chi connectivity index (χ1n) is 10.7. The predicted molar refractivity (Wildman–Crippen MR) is 103 cm³/mol. The summed E-state index contributed by atoms with van der Waals surface area (Å²) in [6.45, 7) is 4.57. The molecule has 1 nitrogen and oxygen atoms in total. The molecule has 1 heteroatoms. The van der Waals surface area contributed by atoms with Gasteiger partial charge in [-0.15, -0.1) is 0 Å². The molecule has 0 aromatic carbocycles. The lowest BCUT2D eigenvalue weighted by Gasteiger charge is -2.37. The molecule has 1 heterocycles. The van der Waals surface area contributed by atoms with Gasteiger partial charge in [-0.2, -0.15) is 0 Å². The van der Waals surface area contributed by atoms with Gasteiger partial charge in [0.05, 0.1) is 0 Å². The van der Waals surface area contributed by atoms with Crippen molar-refractivity contribution < 1.29 is 0 Å². The molecule has 0 amide bonds. The largest absolute Gasteiger partial charge is 0.261 e. The Labute approximate surface area is 149 Å². The molecule has 3 rings (SSSR count). The van der Waals surface area contributed by atoms with Gasteiger partial charge in [-0.05, 0) is 80.2 Å². The van der Waals surface area contributed by atoms with Crippen LogP contribution >= 0.6 is 0 Å². The van der Waals surface area contributed by atoms with Gasteiger partial charge in [0.25, 0.3) is 0 Å². The monoisotopic (exact) mass is 327 g/mol. The SMILES string of the molecule is CCc1ccc(CC[C@H]2CC[C@H]([C@H]3CC[C@H](CC)CC3)CC2)nc1. The Kier molecular flexibility index (Phi) is 6.75. The van der Waals surface area contributed by atoms with E-state index in [0.29, 0.717) is 0 Å². The molecular formula is C23H37N. The lowest BCUT2D eigenvalue weighted by molar-refractivity contribution is 0.142. The summed E-state index contributed by atoms with van der Waals surface area (Å²) in [5, 5.41) is 0. The first kappa shape index (κ1) is 18.0. The van der Waals surface area contributed by atoms with E-state index >= 15 is 0 Å². The third-order valence-corrected chi connectivity index (χ3v) is 7.13. The van der Waals surface area contributed by atoms with E-state index in [1.54, 1.807) is 0 Å². The number of hydrogen-bond acceptors (Lipinski definition) is 1. The molecule has 2 aliphatic carbocycles. The second-order valence-electron chi connectivity index (χ2n) is 8.52. The third kappa shape index (κ3) is 4.83. The summed E-state index contributed by atoms with van der Waals surface area (Å²) < 4.78 is 0. The maximum Gasteiger partial charge on any atom is 0.0403 e. The van der Waals surface area contributed by atoms with E-state index in [4.69, 9.17) is 0 Å². The van der Waals surface area contributed by atoms with Crippen LogP contribution in [-0.4, -0.2) is 4.98 Å². The zero-order chi connectivity index (χ0) is 16.8. The number of nitrogens with zero attached hydrogens (tertiary/aromatic N) is 1. The number of hydrogen-bond donors (Lipinski definition) is 0. The molecule has 2 fully saturated rings. The van der Waals surface area contributed by atoms with Crippen molar-refractivity contribution in [3.05, 3.63) is 29.6 Å². The van der Waals surface area contributed by atoms with E-state index < -0.39 is 0 Å². The van der Waals surface area contributed by atoms with Crippen LogP contribution in [0, 0.1) is 23.7 Å². The van der Waals surface area contributed by atoms with E-state index in [2.05, 4.69) is 37.2 Å². The highest BCUT2D eigenvalue weighted by Crippen LogP contribution is 2.42. The van der Waals surface area contributed by atoms with Crippen molar-refractivity contribution in [3.8, 4) is 0 Å². The van der Waals surface area contributed by atoms with Crippen LogP contribution < -0.4 is 0 Å². The van der Waals surface area contributed by atoms with Crippen molar-refractivity contribution >= 4 is 0 Å². The quantitative estimate of drug-likeness (QED) is 0.573. The van der Waals surface area contributed by atoms with Crippen molar-refractivity contribution in [2.75, 3.05) is 0 Å². The van der Waals surface area contributed by atoms with Gasteiger partial charge in [-0.25, -0.2) is 0 Å². The van der Waals surface area contributed by atoms with Crippen molar-refractivity contribution in [1.82, 2.24) is 4.98 Å². The molecular weight excluding hydrogens is 290 g/mol. The molecule has 24 heavy (non-hydrogen) atoms. The van der Waals surface area contributed by atoms with Gasteiger partial charge in [0.15, 0.2) is 0 Å². The lowest BCUT2D eigenvalue weighted by atomic mass is 9.68. The Hall–Kier alpha value is -0.850. The lowest BCUT2D eigenvalue weighted by Crippen LogP contribution is -2.25. The first-order chi connectivity index (χ1) is 11.8. The standard InChI is InChI=1S/C23H37N/c1-3-18-5-11-21(12-6-18)22-13-7-20(8-14-22)10-16-23-15-9-19(4-2)17-24-23/h9,15,17-18,20-22H,3-8,10-14,16H2,1-2H3/t18-,20-,21-,22-. The van der Waals surface area contributed by atoms with Gasteiger partial charge in [0, 0.05) is 11.9 Å². The van der Waals surface area contributed by atoms with E-state index in [1.807, 2.05) is 0 Å². The molecule has 2 aliphatic rings. The zero-order valence-electron chi connectivity index (χ0n) is 16.0. The molecule has 0 unspecified atom stereocenters. The summed E-state index contributed by atoms with van der Waals surface area (Å²) >= 11 is 0. The summed E-state index contributed by atoms with van der Waals surface area (Å²) in [6, 6.07) is 4.50. The van der Waals surface area contributed by atoms with Crippen LogP contribution in [0.25, 0.3) is 0 Å². The molecule has 1 aromatic heterocycles. The molecule has 1 aromatic rings. The Balaban J connectivity index is 1.37. The summed E-state index contributed by atoms with van der Waals surface area (Å²) in [7, 11) is 0. The average Bonchev–Trinajstić information content (AvgIpc) is 2.67. The molecule has 0 atom stereocenters. The van der Waals surface area contributed by atoms with Crippen LogP contribution in [0.4, 0.5) is 0 Å². The summed E-state index contributed by atoms with van der Waals surface area (Å²) in [4.78, 5) is 4.64. The van der Waals surface area contributed by atoms with Crippen LogP contribution in [0.15, 0.2) is 18.3 Å². The molecule has 0 N–H and O–H groups in total. The van der Waals surface area contributed by atoms with Crippen molar-refractivity contribution in [1.29, 1.82) is 0 Å². The summed E-state index contributed by atoms with van der Waals surface area (Å²) in [5.74, 6) is 4.13. The summed E-state index contributed by atoms with van der Waals surface area (Å²) in [6.07, 6.45) is 19.2. The molecule has 134 valence electrons. The molecule has 0 radical (unpaired) electrons. The maximum atomic E-state index is 4.64. The highest BCUT2D eigenvalue weighted by Gasteiger charge is 2.30. The normalized spacial score (nSPS) is 31.1. The van der Waals surface area contributed by atoms with Gasteiger partial charge < -0.3 is 0 Å². The van der Waals surface area contributed by atoms with Gasteiger partial charge in [-0.3, -0.25) is 4.98 Å². The topological polar surface area (TPSA) is 12.9 Å². The minimum Gasteiger partial charge on any atom is -0.261 e.